The van der Waals surface area contributed by atoms with Crippen LogP contribution in [-0.4, -0.2) is 25.6 Å². The van der Waals surface area contributed by atoms with Crippen molar-refractivity contribution in [2.75, 3.05) is 13.6 Å². The third-order valence-electron chi connectivity index (χ3n) is 3.82. The molecule has 0 unspecified atom stereocenters. The maximum absolute atomic E-state index is 4.32. The number of nitrogens with zero attached hydrogens (tertiary/aromatic N) is 1. The molecule has 0 saturated heterocycles. The van der Waals surface area contributed by atoms with Gasteiger partial charge in [-0.3, -0.25) is 4.99 Å². The highest BCUT2D eigenvalue weighted by atomic mass is 32.1. The summed E-state index contributed by atoms with van der Waals surface area (Å²) in [5.74, 6) is 1.85. The fourth-order valence-electron chi connectivity index (χ4n) is 2.55. The van der Waals surface area contributed by atoms with E-state index in [9.17, 15) is 0 Å². The zero-order valence-corrected chi connectivity index (χ0v) is 12.8. The summed E-state index contributed by atoms with van der Waals surface area (Å²) in [6, 6.07) is 4.89. The second-order valence-corrected chi connectivity index (χ2v) is 6.46. The summed E-state index contributed by atoms with van der Waals surface area (Å²) in [4.78, 5) is 5.74. The van der Waals surface area contributed by atoms with Gasteiger partial charge in [-0.1, -0.05) is 13.0 Å². The van der Waals surface area contributed by atoms with Crippen LogP contribution in [0, 0.1) is 5.92 Å². The number of hydrogen-bond donors (Lipinski definition) is 2. The van der Waals surface area contributed by atoms with Crippen LogP contribution in [-0.2, 0) is 6.42 Å². The molecule has 0 aromatic carbocycles. The van der Waals surface area contributed by atoms with Gasteiger partial charge >= 0.3 is 0 Å². The minimum absolute atomic E-state index is 0.601. The summed E-state index contributed by atoms with van der Waals surface area (Å²) in [7, 11) is 1.85. The molecule has 0 atom stereocenters. The van der Waals surface area contributed by atoms with E-state index in [4.69, 9.17) is 0 Å². The summed E-state index contributed by atoms with van der Waals surface area (Å²) >= 11 is 1.82. The largest absolute Gasteiger partial charge is 0.356 e. The molecule has 1 aliphatic carbocycles. The third-order valence-corrected chi connectivity index (χ3v) is 4.76. The molecule has 0 spiro atoms. The fraction of sp³-hybridized carbons (Fsp3) is 0.667. The molecule has 106 valence electrons. The Balaban J connectivity index is 1.68. The van der Waals surface area contributed by atoms with E-state index < -0.39 is 0 Å². The van der Waals surface area contributed by atoms with Crippen LogP contribution in [0.15, 0.2) is 22.5 Å². The summed E-state index contributed by atoms with van der Waals surface area (Å²) in [6.45, 7) is 3.30. The van der Waals surface area contributed by atoms with Crippen molar-refractivity contribution in [1.82, 2.24) is 10.6 Å². The first-order valence-electron chi connectivity index (χ1n) is 7.27. The van der Waals surface area contributed by atoms with Crippen LogP contribution < -0.4 is 10.6 Å². The van der Waals surface area contributed by atoms with Crippen molar-refractivity contribution in [2.24, 2.45) is 10.9 Å². The van der Waals surface area contributed by atoms with Crippen LogP contribution in [0.2, 0.25) is 0 Å². The first-order valence-corrected chi connectivity index (χ1v) is 8.15. The molecule has 0 bridgehead atoms. The zero-order valence-electron chi connectivity index (χ0n) is 12.0. The predicted octanol–water partition coefficient (Wildman–Crippen LogP) is 3.03. The van der Waals surface area contributed by atoms with Crippen LogP contribution in [0.5, 0.6) is 0 Å². The Morgan fingerprint density at radius 2 is 2.16 bits per heavy atom. The standard InChI is InChI=1S/C15H25N3S/c1-12-5-7-13(8-6-12)18-15(16-2)17-10-9-14-4-3-11-19-14/h3-4,11-13H,5-10H2,1-2H3,(H2,16,17,18). The van der Waals surface area contributed by atoms with Crippen LogP contribution in [0.25, 0.3) is 0 Å². The van der Waals surface area contributed by atoms with Gasteiger partial charge in [0.05, 0.1) is 0 Å². The maximum Gasteiger partial charge on any atom is 0.191 e. The molecular weight excluding hydrogens is 254 g/mol. The topological polar surface area (TPSA) is 36.4 Å². The van der Waals surface area contributed by atoms with E-state index in [1.54, 1.807) is 0 Å². The number of rotatable bonds is 4. The Kier molecular flexibility index (Phi) is 5.70. The van der Waals surface area contributed by atoms with E-state index in [0.717, 1.165) is 24.8 Å². The highest BCUT2D eigenvalue weighted by molar-refractivity contribution is 7.09. The first-order chi connectivity index (χ1) is 9.28. The molecule has 19 heavy (non-hydrogen) atoms. The average Bonchev–Trinajstić information content (AvgIpc) is 2.93. The fourth-order valence-corrected chi connectivity index (χ4v) is 3.26. The van der Waals surface area contributed by atoms with Crippen molar-refractivity contribution < 1.29 is 0 Å². The van der Waals surface area contributed by atoms with Crippen molar-refractivity contribution in [3.63, 3.8) is 0 Å². The smallest absolute Gasteiger partial charge is 0.191 e. The van der Waals surface area contributed by atoms with Crippen molar-refractivity contribution in [2.45, 2.75) is 45.1 Å². The molecule has 1 heterocycles. The molecular formula is C15H25N3S. The molecule has 1 aromatic heterocycles. The number of hydrogen-bond acceptors (Lipinski definition) is 2. The lowest BCUT2D eigenvalue weighted by atomic mass is 9.87. The molecule has 1 fully saturated rings. The van der Waals surface area contributed by atoms with Crippen LogP contribution in [0.3, 0.4) is 0 Å². The van der Waals surface area contributed by atoms with Gasteiger partial charge in [0.2, 0.25) is 0 Å². The Hall–Kier alpha value is -1.03. The number of nitrogens with one attached hydrogen (secondary N) is 2. The van der Waals surface area contributed by atoms with Gasteiger partial charge in [0.15, 0.2) is 5.96 Å². The van der Waals surface area contributed by atoms with Crippen LogP contribution in [0.1, 0.15) is 37.5 Å². The highest BCUT2D eigenvalue weighted by Gasteiger charge is 2.18. The number of aliphatic imine (C=N–C) groups is 1. The zero-order chi connectivity index (χ0) is 13.5. The molecule has 0 amide bonds. The van der Waals surface area contributed by atoms with E-state index in [1.807, 2.05) is 18.4 Å². The van der Waals surface area contributed by atoms with Gasteiger partial charge in [-0.15, -0.1) is 11.3 Å². The maximum atomic E-state index is 4.32. The number of guanidine groups is 1. The molecule has 1 saturated carbocycles. The Labute approximate surface area is 120 Å². The van der Waals surface area contributed by atoms with Crippen molar-refractivity contribution in [3.05, 3.63) is 22.4 Å². The molecule has 1 aliphatic rings. The summed E-state index contributed by atoms with van der Waals surface area (Å²) in [5.41, 5.74) is 0. The summed E-state index contributed by atoms with van der Waals surface area (Å²) in [5, 5.41) is 9.09. The van der Waals surface area contributed by atoms with Crippen molar-refractivity contribution in [1.29, 1.82) is 0 Å². The van der Waals surface area contributed by atoms with Crippen molar-refractivity contribution >= 4 is 17.3 Å². The molecule has 4 heteroatoms. The lowest BCUT2D eigenvalue weighted by Crippen LogP contribution is -2.45. The second kappa shape index (κ2) is 7.53. The predicted molar refractivity (Wildman–Crippen MR) is 83.9 cm³/mol. The molecule has 0 aliphatic heterocycles. The first kappa shape index (κ1) is 14.4. The van der Waals surface area contributed by atoms with Gasteiger partial charge in [0.1, 0.15) is 0 Å². The summed E-state index contributed by atoms with van der Waals surface area (Å²) < 4.78 is 0. The van der Waals surface area contributed by atoms with E-state index in [2.05, 4.69) is 40.1 Å². The normalized spacial score (nSPS) is 24.2. The highest BCUT2D eigenvalue weighted by Crippen LogP contribution is 2.23. The van der Waals surface area contributed by atoms with E-state index in [0.29, 0.717) is 6.04 Å². The van der Waals surface area contributed by atoms with Gasteiger partial charge in [0, 0.05) is 24.5 Å². The Morgan fingerprint density at radius 1 is 1.37 bits per heavy atom. The lowest BCUT2D eigenvalue weighted by Gasteiger charge is -2.28. The van der Waals surface area contributed by atoms with Crippen LogP contribution >= 0.6 is 11.3 Å². The Morgan fingerprint density at radius 3 is 2.79 bits per heavy atom. The van der Waals surface area contributed by atoms with Gasteiger partial charge < -0.3 is 10.6 Å². The minimum Gasteiger partial charge on any atom is -0.356 e. The minimum atomic E-state index is 0.601. The SMILES string of the molecule is CN=C(NCCc1cccs1)NC1CCC(C)CC1. The van der Waals surface area contributed by atoms with Gasteiger partial charge in [0.25, 0.3) is 0 Å². The Bertz CT molecular complexity index is 378. The van der Waals surface area contributed by atoms with E-state index in [1.165, 1.54) is 30.6 Å². The summed E-state index contributed by atoms with van der Waals surface area (Å²) in [6.07, 6.45) is 6.29. The van der Waals surface area contributed by atoms with E-state index >= 15 is 0 Å². The van der Waals surface area contributed by atoms with Gasteiger partial charge in [-0.05, 0) is 49.5 Å². The molecule has 2 rings (SSSR count). The lowest BCUT2D eigenvalue weighted by molar-refractivity contribution is 0.329. The molecule has 2 N–H and O–H groups in total. The van der Waals surface area contributed by atoms with Crippen molar-refractivity contribution in [3.8, 4) is 0 Å². The van der Waals surface area contributed by atoms with E-state index in [-0.39, 0.29) is 0 Å². The molecule has 1 aromatic rings. The molecule has 3 nitrogen and oxygen atoms in total. The van der Waals surface area contributed by atoms with Gasteiger partial charge in [-0.25, -0.2) is 0 Å². The average molecular weight is 279 g/mol. The second-order valence-electron chi connectivity index (χ2n) is 5.43. The third kappa shape index (κ3) is 4.86. The quantitative estimate of drug-likeness (QED) is 0.656. The number of thiophene rings is 1. The van der Waals surface area contributed by atoms with Crippen LogP contribution in [0.4, 0.5) is 0 Å². The molecule has 0 radical (unpaired) electrons. The van der Waals surface area contributed by atoms with Gasteiger partial charge in [-0.2, -0.15) is 0 Å². The monoisotopic (exact) mass is 279 g/mol.